The predicted octanol–water partition coefficient (Wildman–Crippen LogP) is 3.78. The second-order valence-electron chi connectivity index (χ2n) is 12.2. The van der Waals surface area contributed by atoms with Crippen molar-refractivity contribution >= 4 is 39.0 Å². The molecule has 10 nitrogen and oxygen atoms in total. The van der Waals surface area contributed by atoms with E-state index in [2.05, 4.69) is 23.7 Å². The van der Waals surface area contributed by atoms with Gasteiger partial charge < -0.3 is 28.7 Å². The fourth-order valence-electron chi connectivity index (χ4n) is 4.58. The van der Waals surface area contributed by atoms with E-state index >= 15 is 0 Å². The summed E-state index contributed by atoms with van der Waals surface area (Å²) in [5.41, 5.74) is 1.35. The number of hydrogen-bond acceptors (Lipinski definition) is 7. The number of likely N-dealkylation sites (tertiary alicyclic amines) is 2. The molecule has 2 aliphatic heterocycles. The quantitative estimate of drug-likeness (QED) is 0.464. The van der Waals surface area contributed by atoms with Crippen molar-refractivity contribution in [3.63, 3.8) is 0 Å². The van der Waals surface area contributed by atoms with E-state index in [9.17, 15) is 9.59 Å². The number of anilines is 1. The molecule has 0 spiro atoms. The third-order valence-corrected chi connectivity index (χ3v) is 8.41. The summed E-state index contributed by atoms with van der Waals surface area (Å²) in [5, 5.41) is 0. The summed E-state index contributed by atoms with van der Waals surface area (Å²) in [4.78, 5) is 41.1. The maximum absolute atomic E-state index is 13.2. The predicted molar refractivity (Wildman–Crippen MR) is 153 cm³/mol. The summed E-state index contributed by atoms with van der Waals surface area (Å²) in [7, 11) is 1.37. The largest absolute Gasteiger partial charge is 0.444 e. The van der Waals surface area contributed by atoms with Crippen LogP contribution in [0.15, 0.2) is 12.4 Å². The van der Waals surface area contributed by atoms with E-state index in [4.69, 9.17) is 19.4 Å². The Hall–Kier alpha value is -2.53. The first-order valence-corrected chi connectivity index (χ1v) is 16.4. The van der Waals surface area contributed by atoms with Crippen molar-refractivity contribution in [1.82, 2.24) is 24.3 Å². The van der Waals surface area contributed by atoms with Gasteiger partial charge in [0.05, 0.1) is 18.4 Å². The molecule has 2 aromatic heterocycles. The van der Waals surface area contributed by atoms with Crippen molar-refractivity contribution in [2.75, 3.05) is 69.3 Å². The van der Waals surface area contributed by atoms with Gasteiger partial charge in [-0.2, -0.15) is 0 Å². The number of fused-ring (bicyclic) bond motifs is 1. The first-order chi connectivity index (χ1) is 17.8. The van der Waals surface area contributed by atoms with Gasteiger partial charge in [-0.05, 0) is 58.8 Å². The van der Waals surface area contributed by atoms with Crippen LogP contribution in [-0.2, 0) is 16.2 Å². The van der Waals surface area contributed by atoms with Crippen molar-refractivity contribution in [1.29, 1.82) is 0 Å². The van der Waals surface area contributed by atoms with Crippen molar-refractivity contribution in [3.05, 3.63) is 18.0 Å². The number of carbonyl (C=O) groups excluding carboxylic acids is 2. The molecule has 38 heavy (non-hydrogen) atoms. The highest BCUT2D eigenvalue weighted by atomic mass is 32.3. The average molecular weight is 549 g/mol. The van der Waals surface area contributed by atoms with Crippen LogP contribution in [0, 0.1) is 0 Å². The van der Waals surface area contributed by atoms with Gasteiger partial charge in [-0.15, -0.1) is 0 Å². The van der Waals surface area contributed by atoms with E-state index in [0.29, 0.717) is 43.2 Å². The van der Waals surface area contributed by atoms with Gasteiger partial charge in [-0.3, -0.25) is 4.79 Å². The fraction of sp³-hybridized carbons (Fsp3) is 0.704. The number of hydrogen-bond donors (Lipinski definition) is 0. The van der Waals surface area contributed by atoms with E-state index in [1.165, 1.54) is 0 Å². The van der Waals surface area contributed by atoms with Crippen LogP contribution >= 0.6 is 10.0 Å². The molecule has 2 saturated heterocycles. The average Bonchev–Trinajstić information content (AvgIpc) is 3.16. The number of ether oxygens (including phenoxy) is 2. The van der Waals surface area contributed by atoms with Gasteiger partial charge in [-0.25, -0.2) is 24.8 Å². The second-order valence-corrected chi connectivity index (χ2v) is 16.8. The van der Waals surface area contributed by atoms with Gasteiger partial charge in [0.15, 0.2) is 5.65 Å². The molecular weight excluding hydrogens is 504 g/mol. The smallest absolute Gasteiger partial charge is 0.410 e. The van der Waals surface area contributed by atoms with Crippen LogP contribution in [0.25, 0.3) is 11.2 Å². The molecule has 2 amide bonds. The molecule has 0 aromatic carbocycles. The number of amides is 2. The molecule has 2 aliphatic rings. The molecule has 0 aliphatic carbocycles. The summed E-state index contributed by atoms with van der Waals surface area (Å²) in [6.07, 6.45) is 12.8. The molecular formula is C27H44N6O4S. The second kappa shape index (κ2) is 11.3. The topological polar surface area (TPSA) is 93.0 Å². The Bertz CT molecular complexity index is 1140. The minimum Gasteiger partial charge on any atom is -0.444 e. The number of aromatic nitrogens is 3. The maximum atomic E-state index is 13.2. The summed E-state index contributed by atoms with van der Waals surface area (Å²) >= 11 is 0. The van der Waals surface area contributed by atoms with E-state index < -0.39 is 15.6 Å². The first kappa shape index (κ1) is 28.5. The van der Waals surface area contributed by atoms with Gasteiger partial charge in [0, 0.05) is 51.2 Å². The highest BCUT2D eigenvalue weighted by Gasteiger charge is 2.30. The van der Waals surface area contributed by atoms with Crippen LogP contribution in [0.4, 0.5) is 10.6 Å². The van der Waals surface area contributed by atoms with Crippen molar-refractivity contribution in [2.45, 2.75) is 58.4 Å². The lowest BCUT2D eigenvalue weighted by Gasteiger charge is -2.37. The lowest BCUT2D eigenvalue weighted by atomic mass is 10.0. The number of piperidine rings is 1. The van der Waals surface area contributed by atoms with Gasteiger partial charge in [-0.1, -0.05) is 0 Å². The lowest BCUT2D eigenvalue weighted by Crippen LogP contribution is -2.47. The van der Waals surface area contributed by atoms with Crippen LogP contribution in [0.1, 0.15) is 50.4 Å². The summed E-state index contributed by atoms with van der Waals surface area (Å²) < 4.78 is 13.4. The molecule has 0 atom stereocenters. The first-order valence-electron chi connectivity index (χ1n) is 13.4. The third kappa shape index (κ3) is 6.91. The van der Waals surface area contributed by atoms with Crippen molar-refractivity contribution in [2.24, 2.45) is 0 Å². The van der Waals surface area contributed by atoms with Gasteiger partial charge >= 0.3 is 6.09 Å². The molecule has 0 N–H and O–H groups in total. The Balaban J connectivity index is 1.49. The highest BCUT2D eigenvalue weighted by Crippen LogP contribution is 2.33. The standard InChI is InChI=1S/C27H44N6O4S/c1-27(2,3)37-26(35)32-13-9-20(10-14-32)30(4)22-17-28-24-23(29-22)21(25(34)31-11-8-12-31)18-33(24)19-36-15-16-38(5,6)7/h17-18,20H,8-16,19H2,1-7H3. The number of nitrogens with zero attached hydrogens (tertiary/aromatic N) is 6. The molecule has 2 aromatic rings. The monoisotopic (exact) mass is 548 g/mol. The summed E-state index contributed by atoms with van der Waals surface area (Å²) in [6.45, 7) is 9.47. The number of rotatable bonds is 8. The van der Waals surface area contributed by atoms with Crippen LogP contribution in [0.5, 0.6) is 0 Å². The lowest BCUT2D eigenvalue weighted by molar-refractivity contribution is 0.0205. The molecule has 0 bridgehead atoms. The fourth-order valence-corrected chi connectivity index (χ4v) is 5.20. The zero-order chi connectivity index (χ0) is 27.7. The molecule has 11 heteroatoms. The van der Waals surface area contributed by atoms with Crippen LogP contribution < -0.4 is 4.90 Å². The zero-order valence-electron chi connectivity index (χ0n) is 24.0. The SMILES string of the molecule is CN(c1cnc2c(n1)c(C(=O)N1CCC1)cn2COCCS(C)(C)C)C1CCN(C(=O)OC(C)(C)C)CC1. The van der Waals surface area contributed by atoms with Gasteiger partial charge in [0.2, 0.25) is 0 Å². The van der Waals surface area contributed by atoms with E-state index in [1.807, 2.05) is 43.5 Å². The minimum atomic E-state index is -0.636. The number of carbonyl (C=O) groups is 2. The molecule has 4 rings (SSSR count). The minimum absolute atomic E-state index is 0.00101. The molecule has 4 heterocycles. The Labute approximate surface area is 228 Å². The van der Waals surface area contributed by atoms with Crippen LogP contribution in [0.3, 0.4) is 0 Å². The van der Waals surface area contributed by atoms with Gasteiger partial charge in [0.25, 0.3) is 5.91 Å². The third-order valence-electron chi connectivity index (χ3n) is 7.02. The van der Waals surface area contributed by atoms with Crippen LogP contribution in [0.2, 0.25) is 0 Å². The Kier molecular flexibility index (Phi) is 8.46. The maximum Gasteiger partial charge on any atom is 0.410 e. The summed E-state index contributed by atoms with van der Waals surface area (Å²) in [6, 6.07) is 0.209. The molecule has 0 unspecified atom stereocenters. The van der Waals surface area contributed by atoms with Gasteiger partial charge in [0.1, 0.15) is 23.7 Å². The highest BCUT2D eigenvalue weighted by molar-refractivity contribution is 8.32. The van der Waals surface area contributed by atoms with Crippen molar-refractivity contribution in [3.8, 4) is 0 Å². The molecule has 0 saturated carbocycles. The Morgan fingerprint density at radius 1 is 1.11 bits per heavy atom. The Morgan fingerprint density at radius 3 is 2.37 bits per heavy atom. The van der Waals surface area contributed by atoms with E-state index in [1.54, 1.807) is 11.1 Å². The van der Waals surface area contributed by atoms with Crippen LogP contribution in [-0.4, -0.2) is 112 Å². The normalized spacial score (nSPS) is 17.4. The van der Waals surface area contributed by atoms with Crippen molar-refractivity contribution < 1.29 is 19.1 Å². The van der Waals surface area contributed by atoms with E-state index in [-0.39, 0.29) is 18.0 Å². The molecule has 0 radical (unpaired) electrons. The zero-order valence-corrected chi connectivity index (χ0v) is 24.8. The van der Waals surface area contributed by atoms with E-state index in [0.717, 1.165) is 43.9 Å². The summed E-state index contributed by atoms with van der Waals surface area (Å²) in [5.74, 6) is 1.75. The Morgan fingerprint density at radius 2 is 1.79 bits per heavy atom. The molecule has 2 fully saturated rings. The molecule has 212 valence electrons.